The first-order valence-electron chi connectivity index (χ1n) is 4.90. The molecule has 0 aromatic heterocycles. The summed E-state index contributed by atoms with van der Waals surface area (Å²) < 4.78 is 12.6. The van der Waals surface area contributed by atoms with Crippen molar-refractivity contribution < 1.29 is 4.39 Å². The molecule has 0 N–H and O–H groups in total. The summed E-state index contributed by atoms with van der Waals surface area (Å²) in [6.07, 6.45) is 3.15. The molecule has 1 aliphatic carbocycles. The maximum absolute atomic E-state index is 12.6. The molecule has 1 fully saturated rings. The van der Waals surface area contributed by atoms with E-state index < -0.39 is 0 Å². The lowest BCUT2D eigenvalue weighted by Gasteiger charge is -2.03. The van der Waals surface area contributed by atoms with Crippen molar-refractivity contribution in [2.45, 2.75) is 25.3 Å². The molecular weight excluding hydrogens is 177 g/mol. The molecule has 2 rings (SSSR count). The number of benzene rings is 1. The van der Waals surface area contributed by atoms with Crippen molar-refractivity contribution in [3.63, 3.8) is 0 Å². The van der Waals surface area contributed by atoms with Gasteiger partial charge in [0.15, 0.2) is 0 Å². The molecule has 1 aromatic rings. The molecule has 0 spiro atoms. The van der Waals surface area contributed by atoms with Gasteiger partial charge in [-0.05, 0) is 30.5 Å². The monoisotopic (exact) mass is 189 g/mol. The third-order valence-electron chi connectivity index (χ3n) is 2.69. The molecule has 1 nitrogen and oxygen atoms in total. The Balaban J connectivity index is 2.02. The average molecular weight is 189 g/mol. The van der Waals surface area contributed by atoms with Gasteiger partial charge >= 0.3 is 0 Å². The Hall–Kier alpha value is -1.36. The van der Waals surface area contributed by atoms with E-state index in [-0.39, 0.29) is 11.9 Å². The average Bonchev–Trinajstić information content (AvgIpc) is 3.01. The van der Waals surface area contributed by atoms with Gasteiger partial charge in [0.2, 0.25) is 6.04 Å². The molecule has 72 valence electrons. The fraction of sp³-hybridized carbons (Fsp3) is 0.417. The van der Waals surface area contributed by atoms with Crippen molar-refractivity contribution in [3.05, 3.63) is 47.1 Å². The van der Waals surface area contributed by atoms with E-state index in [2.05, 4.69) is 4.85 Å². The van der Waals surface area contributed by atoms with E-state index in [0.29, 0.717) is 5.92 Å². The number of hydrogen-bond donors (Lipinski definition) is 0. The number of nitrogens with zero attached hydrogens (tertiary/aromatic N) is 1. The molecule has 0 amide bonds. The van der Waals surface area contributed by atoms with Gasteiger partial charge < -0.3 is 4.85 Å². The van der Waals surface area contributed by atoms with Crippen LogP contribution in [0.25, 0.3) is 4.85 Å². The zero-order chi connectivity index (χ0) is 9.97. The van der Waals surface area contributed by atoms with E-state index in [4.69, 9.17) is 6.57 Å². The minimum atomic E-state index is -0.209. The van der Waals surface area contributed by atoms with Crippen LogP contribution in [0.3, 0.4) is 0 Å². The second kappa shape index (κ2) is 3.79. The normalized spacial score (nSPS) is 17.4. The molecule has 1 saturated carbocycles. The summed E-state index contributed by atoms with van der Waals surface area (Å²) in [5.41, 5.74) is 1.07. The zero-order valence-corrected chi connectivity index (χ0v) is 7.91. The topological polar surface area (TPSA) is 4.36 Å². The molecule has 1 unspecified atom stereocenters. The minimum Gasteiger partial charge on any atom is -0.313 e. The summed E-state index contributed by atoms with van der Waals surface area (Å²) in [7, 11) is 0. The highest BCUT2D eigenvalue weighted by atomic mass is 19.1. The lowest BCUT2D eigenvalue weighted by atomic mass is 10.0. The predicted molar refractivity (Wildman–Crippen MR) is 53.2 cm³/mol. The van der Waals surface area contributed by atoms with Crippen LogP contribution in [-0.4, -0.2) is 6.04 Å². The molecule has 0 saturated heterocycles. The van der Waals surface area contributed by atoms with E-state index in [1.807, 2.05) is 0 Å². The lowest BCUT2D eigenvalue weighted by molar-refractivity contribution is 0.624. The smallest absolute Gasteiger partial charge is 0.230 e. The van der Waals surface area contributed by atoms with Gasteiger partial charge in [-0.3, -0.25) is 0 Å². The Morgan fingerprint density at radius 2 is 2.00 bits per heavy atom. The Morgan fingerprint density at radius 3 is 2.50 bits per heavy atom. The van der Waals surface area contributed by atoms with Crippen LogP contribution in [0, 0.1) is 18.3 Å². The Kier molecular flexibility index (Phi) is 2.49. The van der Waals surface area contributed by atoms with Crippen LogP contribution in [-0.2, 0) is 6.42 Å². The minimum absolute atomic E-state index is 0.112. The van der Waals surface area contributed by atoms with Gasteiger partial charge in [-0.15, -0.1) is 0 Å². The molecular formula is C12H12FN. The quantitative estimate of drug-likeness (QED) is 0.644. The van der Waals surface area contributed by atoms with Gasteiger partial charge in [0.05, 0.1) is 0 Å². The molecule has 14 heavy (non-hydrogen) atoms. The molecule has 1 aromatic carbocycles. The largest absolute Gasteiger partial charge is 0.313 e. The van der Waals surface area contributed by atoms with E-state index in [9.17, 15) is 4.39 Å². The lowest BCUT2D eigenvalue weighted by Crippen LogP contribution is -2.08. The highest BCUT2D eigenvalue weighted by molar-refractivity contribution is 5.18. The number of hydrogen-bond acceptors (Lipinski definition) is 0. The van der Waals surface area contributed by atoms with Crippen molar-refractivity contribution in [2.24, 2.45) is 5.92 Å². The van der Waals surface area contributed by atoms with Crippen LogP contribution in [0.2, 0.25) is 0 Å². The van der Waals surface area contributed by atoms with E-state index in [1.165, 1.54) is 25.0 Å². The van der Waals surface area contributed by atoms with Crippen LogP contribution in [0.5, 0.6) is 0 Å². The van der Waals surface area contributed by atoms with Crippen molar-refractivity contribution in [1.29, 1.82) is 0 Å². The molecule has 0 heterocycles. The van der Waals surface area contributed by atoms with E-state index >= 15 is 0 Å². The second-order valence-electron chi connectivity index (χ2n) is 3.86. The van der Waals surface area contributed by atoms with E-state index in [0.717, 1.165) is 12.0 Å². The van der Waals surface area contributed by atoms with Crippen molar-refractivity contribution in [3.8, 4) is 0 Å². The van der Waals surface area contributed by atoms with E-state index in [1.54, 1.807) is 12.1 Å². The van der Waals surface area contributed by atoms with Crippen molar-refractivity contribution >= 4 is 0 Å². The maximum Gasteiger partial charge on any atom is 0.230 e. The number of halogens is 1. The molecule has 0 bridgehead atoms. The maximum atomic E-state index is 12.6. The SMILES string of the molecule is [C-]#[N+]C(Cc1ccc(F)cc1)C1CC1. The molecule has 0 radical (unpaired) electrons. The number of rotatable bonds is 3. The zero-order valence-electron chi connectivity index (χ0n) is 7.91. The second-order valence-corrected chi connectivity index (χ2v) is 3.86. The van der Waals surface area contributed by atoms with Crippen LogP contribution < -0.4 is 0 Å². The summed E-state index contributed by atoms with van der Waals surface area (Å²) in [6, 6.07) is 6.58. The standard InChI is InChI=1S/C12H12FN/c1-14-12(10-4-5-10)8-9-2-6-11(13)7-3-9/h2-3,6-7,10,12H,4-5,8H2. The van der Waals surface area contributed by atoms with Crippen LogP contribution >= 0.6 is 0 Å². The third kappa shape index (κ3) is 2.11. The van der Waals surface area contributed by atoms with Gasteiger partial charge in [0.1, 0.15) is 5.82 Å². The Labute approximate surface area is 83.4 Å². The summed E-state index contributed by atoms with van der Waals surface area (Å²) in [5, 5.41) is 0. The third-order valence-corrected chi connectivity index (χ3v) is 2.69. The summed E-state index contributed by atoms with van der Waals surface area (Å²) in [5.74, 6) is 0.386. The fourth-order valence-electron chi connectivity index (χ4n) is 1.66. The van der Waals surface area contributed by atoms with Crippen molar-refractivity contribution in [1.82, 2.24) is 0 Å². The van der Waals surface area contributed by atoms with Gasteiger partial charge in [-0.2, -0.15) is 0 Å². The molecule has 0 aliphatic heterocycles. The highest BCUT2D eigenvalue weighted by Crippen LogP contribution is 2.35. The van der Waals surface area contributed by atoms with Gasteiger partial charge in [-0.1, -0.05) is 12.1 Å². The first kappa shape index (κ1) is 9.21. The summed E-state index contributed by atoms with van der Waals surface area (Å²) in [4.78, 5) is 3.62. The van der Waals surface area contributed by atoms with Crippen LogP contribution in [0.15, 0.2) is 24.3 Å². The fourth-order valence-corrected chi connectivity index (χ4v) is 1.66. The van der Waals surface area contributed by atoms with Gasteiger partial charge in [0.25, 0.3) is 0 Å². The van der Waals surface area contributed by atoms with Crippen LogP contribution in [0.1, 0.15) is 18.4 Å². The van der Waals surface area contributed by atoms with Gasteiger partial charge in [0, 0.05) is 12.3 Å². The van der Waals surface area contributed by atoms with Crippen LogP contribution in [0.4, 0.5) is 4.39 Å². The predicted octanol–water partition coefficient (Wildman–Crippen LogP) is 3.07. The highest BCUT2D eigenvalue weighted by Gasteiger charge is 2.35. The molecule has 2 heteroatoms. The molecule has 1 atom stereocenters. The summed E-state index contributed by atoms with van der Waals surface area (Å²) in [6.45, 7) is 7.07. The first-order valence-corrected chi connectivity index (χ1v) is 4.90. The molecule has 1 aliphatic rings. The van der Waals surface area contributed by atoms with Gasteiger partial charge in [-0.25, -0.2) is 11.0 Å². The Morgan fingerprint density at radius 1 is 1.36 bits per heavy atom. The Bertz CT molecular complexity index is 346. The first-order chi connectivity index (χ1) is 6.79. The summed E-state index contributed by atoms with van der Waals surface area (Å²) >= 11 is 0. The van der Waals surface area contributed by atoms with Crippen molar-refractivity contribution in [2.75, 3.05) is 0 Å².